The third-order valence-corrected chi connectivity index (χ3v) is 3.82. The quantitative estimate of drug-likeness (QED) is 0.219. The molecule has 8 nitrogen and oxygen atoms in total. The summed E-state index contributed by atoms with van der Waals surface area (Å²) in [5.41, 5.74) is 0.666. The Morgan fingerprint density at radius 3 is 1.66 bits per heavy atom. The second kappa shape index (κ2) is 19.0. The number of benzene rings is 1. The Balaban J connectivity index is 1.71. The minimum atomic E-state index is -0.495. The number of hydrogen-bond acceptors (Lipinski definition) is 8. The lowest BCUT2D eigenvalue weighted by atomic mass is 10.2. The van der Waals surface area contributed by atoms with E-state index in [2.05, 4.69) is 0 Å². The first kappa shape index (κ1) is 28.5. The topological polar surface area (TPSA) is 81.7 Å². The first-order valence-electron chi connectivity index (χ1n) is 11.2. The molecule has 0 saturated heterocycles. The molecule has 0 aliphatic carbocycles. The third-order valence-electron chi connectivity index (χ3n) is 3.82. The first-order chi connectivity index (χ1) is 15.5. The van der Waals surface area contributed by atoms with E-state index in [0.29, 0.717) is 72.7 Å². The Morgan fingerprint density at radius 2 is 1.12 bits per heavy atom. The van der Waals surface area contributed by atoms with Crippen molar-refractivity contribution in [3.63, 3.8) is 0 Å². The summed E-state index contributed by atoms with van der Waals surface area (Å²) in [5, 5.41) is 0. The molecule has 1 rings (SSSR count). The molecule has 8 heteroatoms. The van der Waals surface area contributed by atoms with Crippen molar-refractivity contribution < 1.29 is 38.0 Å². The molecule has 32 heavy (non-hydrogen) atoms. The number of esters is 1. The van der Waals surface area contributed by atoms with Crippen LogP contribution in [0.3, 0.4) is 0 Å². The maximum absolute atomic E-state index is 11.4. The van der Waals surface area contributed by atoms with E-state index in [-0.39, 0.29) is 12.6 Å². The molecule has 0 saturated carbocycles. The lowest BCUT2D eigenvalue weighted by Gasteiger charge is -2.19. The number of rotatable bonds is 20. The summed E-state index contributed by atoms with van der Waals surface area (Å²) >= 11 is 0. The summed E-state index contributed by atoms with van der Waals surface area (Å²) < 4.78 is 37.7. The van der Waals surface area contributed by atoms with Crippen molar-refractivity contribution in [2.75, 3.05) is 72.7 Å². The van der Waals surface area contributed by atoms with Crippen LogP contribution >= 0.6 is 0 Å². The molecule has 0 atom stereocenters. The monoisotopic (exact) mass is 456 g/mol. The zero-order valence-electron chi connectivity index (χ0n) is 19.8. The fourth-order valence-corrected chi connectivity index (χ4v) is 2.43. The zero-order chi connectivity index (χ0) is 23.3. The van der Waals surface area contributed by atoms with Gasteiger partial charge in [0, 0.05) is 13.2 Å². The molecule has 0 N–H and O–H groups in total. The Morgan fingerprint density at radius 1 is 0.656 bits per heavy atom. The molecular formula is C24H40O8. The molecule has 0 amide bonds. The average Bonchev–Trinajstić information content (AvgIpc) is 2.75. The van der Waals surface area contributed by atoms with E-state index < -0.39 is 5.60 Å². The van der Waals surface area contributed by atoms with Crippen LogP contribution in [0.5, 0.6) is 0 Å². The predicted octanol–water partition coefficient (Wildman–Crippen LogP) is 3.02. The van der Waals surface area contributed by atoms with Crippen LogP contribution in [0.25, 0.3) is 0 Å². The van der Waals surface area contributed by atoms with Gasteiger partial charge in [-0.15, -0.1) is 0 Å². The molecule has 0 unspecified atom stereocenters. The summed E-state index contributed by atoms with van der Waals surface area (Å²) in [4.78, 5) is 11.4. The number of carbonyl (C=O) groups excluding carboxylic acids is 1. The summed E-state index contributed by atoms with van der Waals surface area (Å²) in [6.45, 7) is 11.2. The Hall–Kier alpha value is -1.55. The molecule has 0 bridgehead atoms. The van der Waals surface area contributed by atoms with Gasteiger partial charge in [0.05, 0.1) is 59.5 Å². The molecule has 0 aliphatic rings. The fraction of sp³-hybridized carbons (Fsp3) is 0.708. The molecule has 184 valence electrons. The van der Waals surface area contributed by atoms with Crippen LogP contribution in [0.2, 0.25) is 0 Å². The second-order valence-electron chi connectivity index (χ2n) is 7.98. The summed E-state index contributed by atoms with van der Waals surface area (Å²) in [7, 11) is 0. The third kappa shape index (κ3) is 19.2. The SMILES string of the molecule is CC(C)(C)OC(=O)COCCOCCOCCCOCCOCCOCc1ccccc1. The van der Waals surface area contributed by atoms with Crippen LogP contribution in [0.4, 0.5) is 0 Å². The molecule has 0 aliphatic heterocycles. The Kier molecular flexibility index (Phi) is 16.9. The van der Waals surface area contributed by atoms with Gasteiger partial charge in [-0.1, -0.05) is 30.3 Å². The van der Waals surface area contributed by atoms with Crippen LogP contribution in [-0.4, -0.2) is 84.2 Å². The van der Waals surface area contributed by atoms with Crippen molar-refractivity contribution in [1.82, 2.24) is 0 Å². The van der Waals surface area contributed by atoms with Crippen LogP contribution in [-0.2, 0) is 44.6 Å². The smallest absolute Gasteiger partial charge is 0.332 e. The lowest BCUT2D eigenvalue weighted by Crippen LogP contribution is -2.27. The first-order valence-corrected chi connectivity index (χ1v) is 11.2. The van der Waals surface area contributed by atoms with Gasteiger partial charge in [0.15, 0.2) is 0 Å². The predicted molar refractivity (Wildman–Crippen MR) is 121 cm³/mol. The zero-order valence-corrected chi connectivity index (χ0v) is 19.8. The van der Waals surface area contributed by atoms with Gasteiger partial charge in [0.2, 0.25) is 0 Å². The van der Waals surface area contributed by atoms with Crippen molar-refractivity contribution in [2.24, 2.45) is 0 Å². The standard InChI is InChI=1S/C24H40O8/c1-24(2,3)32-23(25)21-31-19-17-29-15-13-27-11-7-10-26-12-14-28-16-18-30-20-22-8-5-4-6-9-22/h4-6,8-9H,7,10-21H2,1-3H3. The number of carbonyl (C=O) groups is 1. The van der Waals surface area contributed by atoms with Gasteiger partial charge in [-0.2, -0.15) is 0 Å². The summed E-state index contributed by atoms with van der Waals surface area (Å²) in [5.74, 6) is -0.373. The fourth-order valence-electron chi connectivity index (χ4n) is 2.43. The lowest BCUT2D eigenvalue weighted by molar-refractivity contribution is -0.160. The summed E-state index contributed by atoms with van der Waals surface area (Å²) in [6.07, 6.45) is 0.819. The van der Waals surface area contributed by atoms with Gasteiger partial charge < -0.3 is 33.2 Å². The molecule has 0 aromatic heterocycles. The van der Waals surface area contributed by atoms with Gasteiger partial charge in [0.25, 0.3) is 0 Å². The minimum absolute atomic E-state index is 0.0653. The van der Waals surface area contributed by atoms with E-state index in [4.69, 9.17) is 33.2 Å². The van der Waals surface area contributed by atoms with Crippen LogP contribution in [0, 0.1) is 0 Å². The minimum Gasteiger partial charge on any atom is -0.458 e. The van der Waals surface area contributed by atoms with E-state index >= 15 is 0 Å². The molecule has 0 fully saturated rings. The molecular weight excluding hydrogens is 416 g/mol. The van der Waals surface area contributed by atoms with E-state index in [1.807, 2.05) is 51.1 Å². The normalized spacial score (nSPS) is 11.6. The summed E-state index contributed by atoms with van der Waals surface area (Å²) in [6, 6.07) is 10.1. The van der Waals surface area contributed by atoms with Crippen molar-refractivity contribution in [2.45, 2.75) is 39.4 Å². The largest absolute Gasteiger partial charge is 0.458 e. The Bertz CT molecular complexity index is 559. The van der Waals surface area contributed by atoms with E-state index in [1.165, 1.54) is 0 Å². The number of hydrogen-bond donors (Lipinski definition) is 0. The highest BCUT2D eigenvalue weighted by Crippen LogP contribution is 2.06. The second-order valence-corrected chi connectivity index (χ2v) is 7.98. The van der Waals surface area contributed by atoms with E-state index in [9.17, 15) is 4.79 Å². The van der Waals surface area contributed by atoms with Crippen molar-refractivity contribution in [3.8, 4) is 0 Å². The van der Waals surface area contributed by atoms with E-state index in [0.717, 1.165) is 12.0 Å². The Labute approximate surface area is 192 Å². The van der Waals surface area contributed by atoms with Gasteiger partial charge in [-0.25, -0.2) is 4.79 Å². The van der Waals surface area contributed by atoms with Crippen molar-refractivity contribution in [1.29, 1.82) is 0 Å². The molecule has 1 aromatic rings. The maximum Gasteiger partial charge on any atom is 0.332 e. The van der Waals surface area contributed by atoms with Gasteiger partial charge in [-0.3, -0.25) is 0 Å². The number of ether oxygens (including phenoxy) is 7. The molecule has 0 spiro atoms. The highest BCUT2D eigenvalue weighted by atomic mass is 16.6. The highest BCUT2D eigenvalue weighted by molar-refractivity contribution is 5.71. The van der Waals surface area contributed by atoms with Crippen molar-refractivity contribution in [3.05, 3.63) is 35.9 Å². The van der Waals surface area contributed by atoms with Crippen LogP contribution in [0.1, 0.15) is 32.8 Å². The molecule has 1 aromatic carbocycles. The van der Waals surface area contributed by atoms with Crippen LogP contribution < -0.4 is 0 Å². The van der Waals surface area contributed by atoms with Gasteiger partial charge in [-0.05, 0) is 32.8 Å². The maximum atomic E-state index is 11.4. The van der Waals surface area contributed by atoms with Crippen molar-refractivity contribution >= 4 is 5.97 Å². The molecule has 0 radical (unpaired) electrons. The van der Waals surface area contributed by atoms with Gasteiger partial charge in [0.1, 0.15) is 12.2 Å². The average molecular weight is 457 g/mol. The molecule has 0 heterocycles. The van der Waals surface area contributed by atoms with E-state index in [1.54, 1.807) is 0 Å². The highest BCUT2D eigenvalue weighted by Gasteiger charge is 2.15. The van der Waals surface area contributed by atoms with Gasteiger partial charge >= 0.3 is 5.97 Å². The van der Waals surface area contributed by atoms with Crippen LogP contribution in [0.15, 0.2) is 30.3 Å².